The molecule has 5 rings (SSSR count). The van der Waals surface area contributed by atoms with E-state index in [4.69, 9.17) is 14.3 Å². The normalized spacial score (nSPS) is 22.0. The lowest BCUT2D eigenvalue weighted by Crippen LogP contribution is -2.56. The predicted octanol–water partition coefficient (Wildman–Crippen LogP) is 4.61. The zero-order valence-electron chi connectivity index (χ0n) is 21.8. The van der Waals surface area contributed by atoms with Crippen molar-refractivity contribution in [3.63, 3.8) is 0 Å². The fourth-order valence-corrected chi connectivity index (χ4v) is 6.00. The van der Waals surface area contributed by atoms with E-state index in [-0.39, 0.29) is 16.9 Å². The Morgan fingerprint density at radius 3 is 1.97 bits per heavy atom. The average molecular weight is 510 g/mol. The molecular weight excluding hydrogens is 482 g/mol. The van der Waals surface area contributed by atoms with Crippen LogP contribution in [-0.2, 0) is 34.3 Å². The molecule has 1 heterocycles. The maximum absolute atomic E-state index is 14.7. The zero-order chi connectivity index (χ0) is 27.2. The number of benzene rings is 3. The molecule has 0 spiro atoms. The number of rotatable bonds is 5. The quantitative estimate of drug-likeness (QED) is 0.283. The van der Waals surface area contributed by atoms with Gasteiger partial charge < -0.3 is 14.3 Å². The van der Waals surface area contributed by atoms with E-state index in [0.29, 0.717) is 16.7 Å². The topological polar surface area (TPSA) is 91.3 Å². The van der Waals surface area contributed by atoms with Gasteiger partial charge in [0.1, 0.15) is 11.3 Å². The van der Waals surface area contributed by atoms with Crippen molar-refractivity contribution in [2.24, 2.45) is 10.6 Å². The van der Waals surface area contributed by atoms with Gasteiger partial charge in [-0.05, 0) is 37.5 Å². The van der Waals surface area contributed by atoms with Gasteiger partial charge in [0.25, 0.3) is 0 Å². The average Bonchev–Trinajstić information content (AvgIpc) is 3.38. The number of carbonyl (C=O) groups excluding carboxylic acids is 3. The highest BCUT2D eigenvalue weighted by atomic mass is 16.7. The van der Waals surface area contributed by atoms with Gasteiger partial charge in [-0.25, -0.2) is 4.79 Å². The van der Waals surface area contributed by atoms with E-state index >= 15 is 0 Å². The van der Waals surface area contributed by atoms with E-state index in [1.165, 1.54) is 14.2 Å². The number of aryl methyl sites for hydroxylation is 3. The molecular formula is C31H27NO6. The fourth-order valence-electron chi connectivity index (χ4n) is 6.00. The van der Waals surface area contributed by atoms with E-state index in [1.807, 2.05) is 45.0 Å². The van der Waals surface area contributed by atoms with Crippen molar-refractivity contribution in [3.8, 4) is 0 Å². The smallest absolute Gasteiger partial charge is 0.342 e. The lowest BCUT2D eigenvalue weighted by atomic mass is 9.62. The standard InChI is InChI=1S/C31H27NO6/c1-18-16-19(2)23(20(3)17-18)26-30(29(35)37-5)27(33)24(28(34)36-4)25(21-12-8-6-9-13-21)31(30,38-32-26)22-14-10-7-11-15-22/h6-17H,1-5H3/t30-,31+/m0/s1. The Bertz CT molecular complexity index is 1520. The largest absolute Gasteiger partial charge is 0.468 e. The molecule has 7 heteroatoms. The number of Topliss-reactive ketones (excluding diaryl/α,β-unsaturated/α-hetero) is 1. The van der Waals surface area contributed by atoms with Crippen LogP contribution in [0.15, 0.2) is 83.5 Å². The van der Waals surface area contributed by atoms with Crippen molar-refractivity contribution in [2.75, 3.05) is 14.2 Å². The number of nitrogens with zero attached hydrogens (tertiary/aromatic N) is 1. The molecule has 2 atom stereocenters. The molecule has 0 N–H and O–H groups in total. The van der Waals surface area contributed by atoms with Crippen molar-refractivity contribution in [1.29, 1.82) is 0 Å². The first kappa shape index (κ1) is 25.1. The van der Waals surface area contributed by atoms with E-state index in [0.717, 1.165) is 16.7 Å². The number of methoxy groups -OCH3 is 2. The number of hydrogen-bond donors (Lipinski definition) is 0. The third-order valence-corrected chi connectivity index (χ3v) is 7.36. The second kappa shape index (κ2) is 9.10. The van der Waals surface area contributed by atoms with Crippen LogP contribution in [0, 0.1) is 26.2 Å². The number of ketones is 1. The lowest BCUT2D eigenvalue weighted by Gasteiger charge is -2.37. The summed E-state index contributed by atoms with van der Waals surface area (Å²) >= 11 is 0. The molecule has 1 aliphatic carbocycles. The number of oxime groups is 1. The monoisotopic (exact) mass is 509 g/mol. The number of hydrogen-bond acceptors (Lipinski definition) is 7. The molecule has 3 aromatic rings. The van der Waals surface area contributed by atoms with Gasteiger partial charge in [0.2, 0.25) is 11.0 Å². The van der Waals surface area contributed by atoms with Gasteiger partial charge in [-0.2, -0.15) is 0 Å². The molecule has 0 amide bonds. The van der Waals surface area contributed by atoms with Crippen LogP contribution >= 0.6 is 0 Å². The lowest BCUT2D eigenvalue weighted by molar-refractivity contribution is -0.162. The van der Waals surface area contributed by atoms with Gasteiger partial charge in [0.05, 0.1) is 14.2 Å². The van der Waals surface area contributed by atoms with E-state index < -0.39 is 28.7 Å². The predicted molar refractivity (Wildman–Crippen MR) is 141 cm³/mol. The Morgan fingerprint density at radius 1 is 0.842 bits per heavy atom. The summed E-state index contributed by atoms with van der Waals surface area (Å²) in [4.78, 5) is 48.5. The molecule has 3 aromatic carbocycles. The van der Waals surface area contributed by atoms with Crippen molar-refractivity contribution >= 4 is 29.0 Å². The number of carbonyl (C=O) groups is 3. The van der Waals surface area contributed by atoms with E-state index in [1.54, 1.807) is 48.5 Å². The molecule has 1 aliphatic heterocycles. The molecule has 7 nitrogen and oxygen atoms in total. The highest BCUT2D eigenvalue weighted by Crippen LogP contribution is 2.64. The van der Waals surface area contributed by atoms with Gasteiger partial charge in [0, 0.05) is 16.7 Å². The van der Waals surface area contributed by atoms with Crippen molar-refractivity contribution in [3.05, 3.63) is 112 Å². The molecule has 0 unspecified atom stereocenters. The molecule has 0 saturated heterocycles. The molecule has 2 aliphatic rings. The highest BCUT2D eigenvalue weighted by molar-refractivity contribution is 6.44. The molecule has 38 heavy (non-hydrogen) atoms. The van der Waals surface area contributed by atoms with Crippen LogP contribution in [0.3, 0.4) is 0 Å². The van der Waals surface area contributed by atoms with Gasteiger partial charge in [0.15, 0.2) is 5.78 Å². The minimum Gasteiger partial charge on any atom is -0.468 e. The summed E-state index contributed by atoms with van der Waals surface area (Å²) in [5, 5.41) is 4.49. The minimum atomic E-state index is -2.15. The first-order valence-corrected chi connectivity index (χ1v) is 12.2. The van der Waals surface area contributed by atoms with E-state index in [2.05, 4.69) is 5.16 Å². The summed E-state index contributed by atoms with van der Waals surface area (Å²) in [5.41, 5.74) is 0.241. The summed E-state index contributed by atoms with van der Waals surface area (Å²) in [5.74, 6) is -2.54. The fraction of sp³-hybridized carbons (Fsp3) is 0.226. The SMILES string of the molecule is COC(=O)C1=C(c2ccccc2)[C@@]2(c3ccccc3)ON=C(c3c(C)cc(C)cc3C)[C@@]2(C(=O)OC)C1=O. The molecule has 0 aromatic heterocycles. The van der Waals surface area contributed by atoms with Crippen molar-refractivity contribution in [2.45, 2.75) is 26.4 Å². The highest BCUT2D eigenvalue weighted by Gasteiger charge is 2.79. The van der Waals surface area contributed by atoms with Crippen LogP contribution in [0.2, 0.25) is 0 Å². The zero-order valence-corrected chi connectivity index (χ0v) is 21.8. The molecule has 0 fully saturated rings. The van der Waals surface area contributed by atoms with Crippen LogP contribution in [0.1, 0.15) is 33.4 Å². The first-order chi connectivity index (χ1) is 18.2. The number of ether oxygens (including phenoxy) is 2. The summed E-state index contributed by atoms with van der Waals surface area (Å²) in [7, 11) is 2.41. The van der Waals surface area contributed by atoms with Gasteiger partial charge in [-0.3, -0.25) is 9.59 Å². The summed E-state index contributed by atoms with van der Waals surface area (Å²) in [6.07, 6.45) is 0. The maximum atomic E-state index is 14.7. The second-order valence-electron chi connectivity index (χ2n) is 9.53. The Hall–Kier alpha value is -4.52. The van der Waals surface area contributed by atoms with Crippen molar-refractivity contribution < 1.29 is 28.7 Å². The van der Waals surface area contributed by atoms with Crippen LogP contribution in [0.25, 0.3) is 5.57 Å². The molecule has 0 bridgehead atoms. The molecule has 192 valence electrons. The van der Waals surface area contributed by atoms with Crippen LogP contribution in [0.4, 0.5) is 0 Å². The molecule has 0 saturated carbocycles. The van der Waals surface area contributed by atoms with Gasteiger partial charge >= 0.3 is 11.9 Å². The number of fused-ring (bicyclic) bond motifs is 1. The summed E-state index contributed by atoms with van der Waals surface area (Å²) in [6.45, 7) is 5.74. The third kappa shape index (κ3) is 3.14. The first-order valence-electron chi connectivity index (χ1n) is 12.2. The van der Waals surface area contributed by atoms with Crippen LogP contribution in [0.5, 0.6) is 0 Å². The Kier molecular flexibility index (Phi) is 6.02. The Morgan fingerprint density at radius 2 is 1.42 bits per heavy atom. The Labute approximate surface area is 220 Å². The molecule has 0 radical (unpaired) electrons. The van der Waals surface area contributed by atoms with Crippen LogP contribution < -0.4 is 0 Å². The number of esters is 2. The third-order valence-electron chi connectivity index (χ3n) is 7.36. The summed E-state index contributed by atoms with van der Waals surface area (Å²) < 4.78 is 10.5. The Balaban J connectivity index is 1.97. The maximum Gasteiger partial charge on any atom is 0.342 e. The summed E-state index contributed by atoms with van der Waals surface area (Å²) in [6, 6.07) is 21.7. The van der Waals surface area contributed by atoms with Gasteiger partial charge in [-0.1, -0.05) is 83.5 Å². The van der Waals surface area contributed by atoms with Gasteiger partial charge in [-0.15, -0.1) is 0 Å². The minimum absolute atomic E-state index is 0.0977. The van der Waals surface area contributed by atoms with E-state index in [9.17, 15) is 14.4 Å². The van der Waals surface area contributed by atoms with Crippen molar-refractivity contribution in [1.82, 2.24) is 0 Å². The second-order valence-corrected chi connectivity index (χ2v) is 9.53. The van der Waals surface area contributed by atoms with Crippen LogP contribution in [-0.4, -0.2) is 37.7 Å².